The summed E-state index contributed by atoms with van der Waals surface area (Å²) in [4.78, 5) is 12.0. The molecule has 1 amide bonds. The number of amides is 1. The summed E-state index contributed by atoms with van der Waals surface area (Å²) in [6.07, 6.45) is 2.09. The summed E-state index contributed by atoms with van der Waals surface area (Å²) in [5, 5.41) is 3.68. The Morgan fingerprint density at radius 2 is 2.35 bits per heavy atom. The lowest BCUT2D eigenvalue weighted by molar-refractivity contribution is -0.115. The first-order valence-corrected chi connectivity index (χ1v) is 7.68. The molecule has 0 bridgehead atoms. The predicted molar refractivity (Wildman–Crippen MR) is 78.0 cm³/mol. The molecule has 1 aromatic rings. The number of anilines is 1. The van der Waals surface area contributed by atoms with E-state index in [9.17, 15) is 4.79 Å². The number of nitrogens with one attached hydrogen (secondary N) is 1. The zero-order valence-corrected chi connectivity index (χ0v) is 12.6. The van der Waals surface area contributed by atoms with Crippen LogP contribution in [0.5, 0.6) is 0 Å². The summed E-state index contributed by atoms with van der Waals surface area (Å²) in [5.74, 6) is 1.15. The molecule has 1 aliphatic rings. The lowest BCUT2D eigenvalue weighted by Gasteiger charge is -2.12. The minimum Gasteiger partial charge on any atom is -0.324 e. The lowest BCUT2D eigenvalue weighted by Crippen LogP contribution is -2.23. The van der Waals surface area contributed by atoms with E-state index in [0.717, 1.165) is 34.3 Å². The third-order valence-electron chi connectivity index (χ3n) is 2.73. The number of hydrogen-bond acceptors (Lipinski definition) is 2. The molecule has 1 saturated heterocycles. The molecule has 92 valence electrons. The topological polar surface area (TPSA) is 29.1 Å². The minimum absolute atomic E-state index is 0.0770. The van der Waals surface area contributed by atoms with Gasteiger partial charge in [-0.2, -0.15) is 0 Å². The number of benzene rings is 1. The smallest absolute Gasteiger partial charge is 0.237 e. The van der Waals surface area contributed by atoms with Gasteiger partial charge in [0.1, 0.15) is 0 Å². The molecular weight excluding hydrogens is 322 g/mol. The van der Waals surface area contributed by atoms with Crippen molar-refractivity contribution in [2.45, 2.75) is 25.0 Å². The van der Waals surface area contributed by atoms with Gasteiger partial charge in [0.25, 0.3) is 0 Å². The summed E-state index contributed by atoms with van der Waals surface area (Å²) in [6.45, 7) is 1.94. The molecule has 2 rings (SSSR count). The van der Waals surface area contributed by atoms with E-state index < -0.39 is 0 Å². The summed E-state index contributed by atoms with van der Waals surface area (Å²) in [5.41, 5.74) is 1.74. The largest absolute Gasteiger partial charge is 0.324 e. The van der Waals surface area contributed by atoms with Gasteiger partial charge in [0, 0.05) is 9.50 Å². The van der Waals surface area contributed by atoms with E-state index >= 15 is 0 Å². The number of thioether (sulfide) groups is 1. The average molecular weight is 335 g/mol. The van der Waals surface area contributed by atoms with Gasteiger partial charge in [-0.05, 0) is 59.1 Å². The van der Waals surface area contributed by atoms with Gasteiger partial charge in [-0.3, -0.25) is 4.79 Å². The maximum atomic E-state index is 12.0. The summed E-state index contributed by atoms with van der Waals surface area (Å²) >= 11 is 11.2. The Labute approximate surface area is 119 Å². The van der Waals surface area contributed by atoms with E-state index in [1.165, 1.54) is 0 Å². The highest BCUT2D eigenvalue weighted by atomic mass is 79.9. The molecule has 1 heterocycles. The molecule has 2 nitrogen and oxygen atoms in total. The van der Waals surface area contributed by atoms with Gasteiger partial charge < -0.3 is 5.32 Å². The Balaban J connectivity index is 2.12. The van der Waals surface area contributed by atoms with Crippen LogP contribution in [-0.2, 0) is 4.79 Å². The third-order valence-corrected chi connectivity index (χ3v) is 5.17. The number of hydrogen-bond donors (Lipinski definition) is 1. The van der Waals surface area contributed by atoms with Crippen molar-refractivity contribution in [3.8, 4) is 0 Å². The van der Waals surface area contributed by atoms with Gasteiger partial charge >= 0.3 is 0 Å². The van der Waals surface area contributed by atoms with Crippen LogP contribution in [0.3, 0.4) is 0 Å². The summed E-state index contributed by atoms with van der Waals surface area (Å²) in [6, 6.07) is 3.71. The fraction of sp³-hybridized carbons (Fsp3) is 0.417. The molecule has 0 aliphatic carbocycles. The van der Waals surface area contributed by atoms with Gasteiger partial charge in [0.15, 0.2) is 0 Å². The van der Waals surface area contributed by atoms with Crippen LogP contribution in [0.4, 0.5) is 5.69 Å². The molecule has 5 heteroatoms. The van der Waals surface area contributed by atoms with Crippen molar-refractivity contribution in [1.82, 2.24) is 0 Å². The monoisotopic (exact) mass is 333 g/mol. The van der Waals surface area contributed by atoms with Crippen molar-refractivity contribution < 1.29 is 4.79 Å². The number of halogens is 2. The average Bonchev–Trinajstić information content (AvgIpc) is 2.79. The Morgan fingerprint density at radius 1 is 1.59 bits per heavy atom. The SMILES string of the molecule is Cc1cc(Br)c(NC(=O)C2CCCS2)cc1Cl. The number of carbonyl (C=O) groups excluding carboxylic acids is 1. The molecule has 1 aliphatic heterocycles. The van der Waals surface area contributed by atoms with Crippen molar-refractivity contribution in [3.05, 3.63) is 27.2 Å². The first-order chi connectivity index (χ1) is 8.08. The number of carbonyl (C=O) groups is 1. The van der Waals surface area contributed by atoms with E-state index in [1.54, 1.807) is 17.8 Å². The molecule has 1 fully saturated rings. The molecule has 0 saturated carbocycles. The van der Waals surface area contributed by atoms with Gasteiger partial charge in [-0.25, -0.2) is 0 Å². The van der Waals surface area contributed by atoms with Crippen molar-refractivity contribution in [2.24, 2.45) is 0 Å². The number of aryl methyl sites for hydroxylation is 1. The molecule has 1 unspecified atom stereocenters. The van der Waals surface area contributed by atoms with Gasteiger partial charge in [-0.15, -0.1) is 11.8 Å². The van der Waals surface area contributed by atoms with Gasteiger partial charge in [0.05, 0.1) is 10.9 Å². The van der Waals surface area contributed by atoms with Crippen LogP contribution in [0, 0.1) is 6.92 Å². The van der Waals surface area contributed by atoms with Gasteiger partial charge in [0.2, 0.25) is 5.91 Å². The minimum atomic E-state index is 0.0770. The van der Waals surface area contributed by atoms with Crippen LogP contribution in [-0.4, -0.2) is 16.9 Å². The zero-order valence-electron chi connectivity index (χ0n) is 9.43. The molecule has 1 N–H and O–H groups in total. The van der Waals surface area contributed by atoms with Crippen LogP contribution in [0.15, 0.2) is 16.6 Å². The second-order valence-corrected chi connectivity index (χ2v) is 6.64. The quantitative estimate of drug-likeness (QED) is 0.876. The number of rotatable bonds is 2. The zero-order chi connectivity index (χ0) is 12.4. The molecule has 1 atom stereocenters. The van der Waals surface area contributed by atoms with Crippen LogP contribution >= 0.6 is 39.3 Å². The maximum absolute atomic E-state index is 12.0. The Hall–Kier alpha value is -0.190. The highest BCUT2D eigenvalue weighted by molar-refractivity contribution is 9.10. The first-order valence-electron chi connectivity index (χ1n) is 5.46. The van der Waals surface area contributed by atoms with E-state index in [0.29, 0.717) is 5.02 Å². The highest BCUT2D eigenvalue weighted by Gasteiger charge is 2.23. The predicted octanol–water partition coefficient (Wildman–Crippen LogP) is 4.25. The van der Waals surface area contributed by atoms with Crippen molar-refractivity contribution in [3.63, 3.8) is 0 Å². The molecule has 0 aromatic heterocycles. The van der Waals surface area contributed by atoms with Crippen LogP contribution in [0.2, 0.25) is 5.02 Å². The van der Waals surface area contributed by atoms with Crippen molar-refractivity contribution >= 4 is 50.9 Å². The molecule has 0 radical (unpaired) electrons. The van der Waals surface area contributed by atoms with Crippen molar-refractivity contribution in [1.29, 1.82) is 0 Å². The van der Waals surface area contributed by atoms with Gasteiger partial charge in [-0.1, -0.05) is 11.6 Å². The van der Waals surface area contributed by atoms with E-state index in [1.807, 2.05) is 13.0 Å². The molecule has 1 aromatic carbocycles. The van der Waals surface area contributed by atoms with E-state index in [4.69, 9.17) is 11.6 Å². The van der Waals surface area contributed by atoms with Crippen LogP contribution < -0.4 is 5.32 Å². The molecular formula is C12H13BrClNOS. The van der Waals surface area contributed by atoms with Crippen LogP contribution in [0.1, 0.15) is 18.4 Å². The second-order valence-electron chi connectivity index (χ2n) is 4.07. The standard InChI is InChI=1S/C12H13BrClNOS/c1-7-5-8(13)10(6-9(7)14)15-12(16)11-3-2-4-17-11/h5-6,11H,2-4H2,1H3,(H,15,16). The molecule has 17 heavy (non-hydrogen) atoms. The normalized spacial score (nSPS) is 19.4. The fourth-order valence-electron chi connectivity index (χ4n) is 1.74. The van der Waals surface area contributed by atoms with E-state index in [-0.39, 0.29) is 11.2 Å². The lowest BCUT2D eigenvalue weighted by atomic mass is 10.2. The third kappa shape index (κ3) is 3.18. The Bertz CT molecular complexity index is 446. The van der Waals surface area contributed by atoms with E-state index in [2.05, 4.69) is 21.2 Å². The fourth-order valence-corrected chi connectivity index (χ4v) is 3.62. The summed E-state index contributed by atoms with van der Waals surface area (Å²) in [7, 11) is 0. The second kappa shape index (κ2) is 5.63. The first kappa shape index (κ1) is 13.2. The Kier molecular flexibility index (Phi) is 4.39. The maximum Gasteiger partial charge on any atom is 0.237 e. The highest BCUT2D eigenvalue weighted by Crippen LogP contribution is 2.31. The summed E-state index contributed by atoms with van der Waals surface area (Å²) < 4.78 is 0.871. The van der Waals surface area contributed by atoms with Crippen molar-refractivity contribution in [2.75, 3.05) is 11.1 Å². The van der Waals surface area contributed by atoms with Crippen LogP contribution in [0.25, 0.3) is 0 Å². The molecule has 0 spiro atoms. The Morgan fingerprint density at radius 3 is 3.00 bits per heavy atom.